The second-order valence-corrected chi connectivity index (χ2v) is 7.92. The molecule has 0 aliphatic heterocycles. The molecular weight excluding hydrogens is 432 g/mol. The van der Waals surface area contributed by atoms with Crippen LogP contribution in [-0.4, -0.2) is 40.2 Å². The topological polar surface area (TPSA) is 134 Å². The maximum absolute atomic E-state index is 13.3. The number of aromatic hydroxyl groups is 2. The highest BCUT2D eigenvalue weighted by Gasteiger charge is 2.26. The molecule has 1 aromatic heterocycles. The number of carbonyl (C=O) groups is 1. The molecule has 1 amide bonds. The highest BCUT2D eigenvalue weighted by molar-refractivity contribution is 6.02. The third-order valence-electron chi connectivity index (χ3n) is 5.67. The number of hydrogen-bond acceptors (Lipinski definition) is 5. The number of aromatic nitrogens is 1. The summed E-state index contributed by atoms with van der Waals surface area (Å²) in [4.78, 5) is 13.3. The lowest BCUT2D eigenvalue weighted by molar-refractivity contribution is 0.0945. The molecule has 0 saturated heterocycles. The molecule has 1 heterocycles. The molecule has 0 aliphatic carbocycles. The van der Waals surface area contributed by atoms with Gasteiger partial charge in [0.25, 0.3) is 5.91 Å². The molecule has 1 unspecified atom stereocenters. The number of fused-ring (bicyclic) bond motifs is 1. The number of nitrogens with two attached hydrogens (primary N) is 1. The van der Waals surface area contributed by atoms with E-state index in [9.17, 15) is 15.0 Å². The van der Waals surface area contributed by atoms with Gasteiger partial charge in [0, 0.05) is 11.9 Å². The minimum absolute atomic E-state index is 0.0395. The van der Waals surface area contributed by atoms with Crippen molar-refractivity contribution in [2.75, 3.05) is 13.7 Å². The van der Waals surface area contributed by atoms with Crippen LogP contribution >= 0.6 is 0 Å². The Morgan fingerprint density at radius 1 is 1.06 bits per heavy atom. The number of ether oxygens (including phenoxy) is 1. The second kappa shape index (κ2) is 9.58. The maximum Gasteiger partial charge on any atom is 0.267 e. The lowest BCUT2D eigenvalue weighted by atomic mass is 10.0. The van der Waals surface area contributed by atoms with Crippen LogP contribution in [0.5, 0.6) is 17.2 Å². The molecule has 1 atom stereocenters. The molecule has 4 rings (SSSR count). The van der Waals surface area contributed by atoms with Crippen molar-refractivity contribution in [2.45, 2.75) is 12.5 Å². The Bertz CT molecular complexity index is 1340. The molecule has 34 heavy (non-hydrogen) atoms. The zero-order valence-corrected chi connectivity index (χ0v) is 18.7. The lowest BCUT2D eigenvalue weighted by Gasteiger charge is -2.22. The molecule has 8 heteroatoms. The molecule has 0 fully saturated rings. The summed E-state index contributed by atoms with van der Waals surface area (Å²) in [6.45, 7) is 0.374. The van der Waals surface area contributed by atoms with Crippen LogP contribution in [0.1, 0.15) is 27.7 Å². The Kier molecular flexibility index (Phi) is 6.40. The van der Waals surface area contributed by atoms with E-state index in [2.05, 4.69) is 5.32 Å². The monoisotopic (exact) mass is 458 g/mol. The molecule has 0 bridgehead atoms. The van der Waals surface area contributed by atoms with Crippen molar-refractivity contribution >= 4 is 22.6 Å². The summed E-state index contributed by atoms with van der Waals surface area (Å²) < 4.78 is 7.20. The van der Waals surface area contributed by atoms with E-state index in [1.54, 1.807) is 60.2 Å². The van der Waals surface area contributed by atoms with Crippen LogP contribution in [0.2, 0.25) is 0 Å². The van der Waals surface area contributed by atoms with Crippen LogP contribution in [-0.2, 0) is 6.42 Å². The van der Waals surface area contributed by atoms with Crippen LogP contribution in [0, 0.1) is 5.41 Å². The van der Waals surface area contributed by atoms with Crippen molar-refractivity contribution in [2.24, 2.45) is 5.73 Å². The first-order valence-corrected chi connectivity index (χ1v) is 10.8. The van der Waals surface area contributed by atoms with Crippen molar-refractivity contribution in [1.82, 2.24) is 9.88 Å². The van der Waals surface area contributed by atoms with Crippen LogP contribution in [0.3, 0.4) is 0 Å². The van der Waals surface area contributed by atoms with Crippen LogP contribution < -0.4 is 15.8 Å². The number of phenolic OH excluding ortho intramolecular Hbond substituents is 2. The number of nitrogens with one attached hydrogen (secondary N) is 2. The summed E-state index contributed by atoms with van der Waals surface area (Å²) in [5.41, 5.74) is 8.56. The fourth-order valence-corrected chi connectivity index (χ4v) is 4.09. The van der Waals surface area contributed by atoms with Crippen molar-refractivity contribution in [3.63, 3.8) is 0 Å². The van der Waals surface area contributed by atoms with E-state index in [4.69, 9.17) is 15.9 Å². The fourth-order valence-electron chi connectivity index (χ4n) is 4.09. The predicted molar refractivity (Wildman–Crippen MR) is 131 cm³/mol. The average Bonchev–Trinajstić information content (AvgIpc) is 3.20. The van der Waals surface area contributed by atoms with Gasteiger partial charge in [0.2, 0.25) is 0 Å². The minimum atomic E-state index is -0.811. The maximum atomic E-state index is 13.3. The highest BCUT2D eigenvalue weighted by Crippen LogP contribution is 2.34. The first-order valence-electron chi connectivity index (χ1n) is 10.8. The smallest absolute Gasteiger partial charge is 0.267 e. The number of phenols is 2. The molecule has 8 nitrogen and oxygen atoms in total. The Morgan fingerprint density at radius 2 is 1.79 bits per heavy atom. The Hall–Kier alpha value is -4.46. The summed E-state index contributed by atoms with van der Waals surface area (Å²) in [6, 6.07) is 19.7. The fraction of sp³-hybridized carbons (Fsp3) is 0.154. The van der Waals surface area contributed by atoms with Gasteiger partial charge < -0.3 is 30.6 Å². The van der Waals surface area contributed by atoms with E-state index < -0.39 is 6.04 Å². The normalized spacial score (nSPS) is 11.8. The number of amidine groups is 1. The van der Waals surface area contributed by atoms with Gasteiger partial charge in [-0.05, 0) is 60.0 Å². The van der Waals surface area contributed by atoms with Gasteiger partial charge in [-0.1, -0.05) is 30.3 Å². The number of methoxy groups -OCH3 is 1. The molecular formula is C26H26N4O4. The van der Waals surface area contributed by atoms with Crippen molar-refractivity contribution in [1.29, 1.82) is 5.41 Å². The standard InChI is InChI=1S/C26H26N4O4/c1-34-23-7-3-6-21-20(23)15-22(26(33)29-13-12-16-8-10-18(31)11-9-16)30(21)24(25(27)28)17-4-2-5-19(32)14-17/h2-11,14-15,24,31-32H,12-13H2,1H3,(H3,27,28)(H,29,33). The third-order valence-corrected chi connectivity index (χ3v) is 5.67. The first kappa shape index (κ1) is 22.7. The zero-order valence-electron chi connectivity index (χ0n) is 18.7. The summed E-state index contributed by atoms with van der Waals surface area (Å²) in [7, 11) is 1.56. The van der Waals surface area contributed by atoms with E-state index in [0.29, 0.717) is 40.9 Å². The second-order valence-electron chi connectivity index (χ2n) is 7.92. The van der Waals surface area contributed by atoms with E-state index in [0.717, 1.165) is 5.56 Å². The molecule has 0 radical (unpaired) electrons. The molecule has 6 N–H and O–H groups in total. The largest absolute Gasteiger partial charge is 0.508 e. The van der Waals surface area contributed by atoms with Gasteiger partial charge in [-0.2, -0.15) is 0 Å². The van der Waals surface area contributed by atoms with Gasteiger partial charge in [-0.15, -0.1) is 0 Å². The summed E-state index contributed by atoms with van der Waals surface area (Å²) in [5, 5.41) is 31.4. The van der Waals surface area contributed by atoms with Crippen LogP contribution in [0.4, 0.5) is 0 Å². The van der Waals surface area contributed by atoms with Gasteiger partial charge in [0.15, 0.2) is 0 Å². The van der Waals surface area contributed by atoms with E-state index in [1.807, 2.05) is 12.1 Å². The van der Waals surface area contributed by atoms with E-state index in [1.165, 1.54) is 12.1 Å². The predicted octanol–water partition coefficient (Wildman–Crippen LogP) is 3.56. The lowest BCUT2D eigenvalue weighted by Crippen LogP contribution is -2.33. The van der Waals surface area contributed by atoms with Gasteiger partial charge >= 0.3 is 0 Å². The highest BCUT2D eigenvalue weighted by atomic mass is 16.5. The summed E-state index contributed by atoms with van der Waals surface area (Å²) in [6.07, 6.45) is 0.582. The molecule has 0 saturated carbocycles. The average molecular weight is 459 g/mol. The van der Waals surface area contributed by atoms with Crippen LogP contribution in [0.15, 0.2) is 72.8 Å². The van der Waals surface area contributed by atoms with Gasteiger partial charge in [-0.3, -0.25) is 10.2 Å². The van der Waals surface area contributed by atoms with Crippen molar-refractivity contribution in [3.8, 4) is 17.2 Å². The molecule has 0 aliphatic rings. The molecule has 0 spiro atoms. The third kappa shape index (κ3) is 4.52. The number of amides is 1. The van der Waals surface area contributed by atoms with Gasteiger partial charge in [0.1, 0.15) is 34.8 Å². The van der Waals surface area contributed by atoms with Gasteiger partial charge in [0.05, 0.1) is 12.6 Å². The molecule has 174 valence electrons. The number of nitrogens with zero attached hydrogens (tertiary/aromatic N) is 1. The SMILES string of the molecule is COc1cccc2c1cc(C(=O)NCCc1ccc(O)cc1)n2C(C(=N)N)c1cccc(O)c1. The van der Waals surface area contributed by atoms with Crippen LogP contribution in [0.25, 0.3) is 10.9 Å². The molecule has 4 aromatic rings. The Morgan fingerprint density at radius 3 is 2.47 bits per heavy atom. The van der Waals surface area contributed by atoms with Gasteiger partial charge in [-0.25, -0.2) is 0 Å². The zero-order chi connectivity index (χ0) is 24.2. The quantitative estimate of drug-likeness (QED) is 0.203. The number of carbonyl (C=O) groups excluding carboxylic acids is 1. The minimum Gasteiger partial charge on any atom is -0.508 e. The number of benzene rings is 3. The first-order chi connectivity index (χ1) is 16.4. The Balaban J connectivity index is 1.74. The molecule has 3 aromatic carbocycles. The van der Waals surface area contributed by atoms with Crippen molar-refractivity contribution < 1.29 is 19.7 Å². The van der Waals surface area contributed by atoms with E-state index in [-0.39, 0.29) is 23.2 Å². The van der Waals surface area contributed by atoms with Crippen molar-refractivity contribution in [3.05, 3.63) is 89.6 Å². The number of hydrogen-bond donors (Lipinski definition) is 5. The van der Waals surface area contributed by atoms with E-state index >= 15 is 0 Å². The summed E-state index contributed by atoms with van der Waals surface area (Å²) >= 11 is 0. The summed E-state index contributed by atoms with van der Waals surface area (Å²) in [5.74, 6) is 0.311. The number of rotatable bonds is 8. The Labute approximate surface area is 196 Å².